The number of rotatable bonds is 8. The molecule has 0 bridgehead atoms. The smallest absolute Gasteiger partial charge is 0.289 e. The van der Waals surface area contributed by atoms with Crippen LogP contribution < -0.4 is 10.6 Å². The van der Waals surface area contributed by atoms with Gasteiger partial charge in [0.15, 0.2) is 0 Å². The van der Waals surface area contributed by atoms with Crippen molar-refractivity contribution in [3.63, 3.8) is 0 Å². The third kappa shape index (κ3) is 6.23. The molecule has 4 rings (SSSR count). The van der Waals surface area contributed by atoms with Gasteiger partial charge in [0.1, 0.15) is 36.9 Å². The van der Waals surface area contributed by atoms with Gasteiger partial charge < -0.3 is 20.1 Å². The van der Waals surface area contributed by atoms with Gasteiger partial charge in [0.05, 0.1) is 17.4 Å². The van der Waals surface area contributed by atoms with Crippen LogP contribution in [0.15, 0.2) is 77.4 Å². The molecule has 34 heavy (non-hydrogen) atoms. The average Bonchev–Trinajstić information content (AvgIpc) is 3.24. The number of amidine groups is 1. The number of benzene rings is 2. The van der Waals surface area contributed by atoms with Crippen LogP contribution in [0.5, 0.6) is 0 Å². The number of aliphatic imine (C=N–C) groups is 1. The molecule has 1 aromatic heterocycles. The zero-order valence-corrected chi connectivity index (χ0v) is 19.6. The summed E-state index contributed by atoms with van der Waals surface area (Å²) in [5.41, 5.74) is 3.19. The first-order chi connectivity index (χ1) is 16.5. The van der Waals surface area contributed by atoms with Crippen LogP contribution in [0, 0.1) is 5.82 Å². The number of halogens is 2. The van der Waals surface area contributed by atoms with E-state index in [1.165, 1.54) is 18.5 Å². The predicted octanol–water partition coefficient (Wildman–Crippen LogP) is 5.61. The summed E-state index contributed by atoms with van der Waals surface area (Å²) in [5, 5.41) is 7.33. The van der Waals surface area contributed by atoms with Gasteiger partial charge in [-0.15, -0.1) is 11.6 Å². The zero-order valence-electron chi connectivity index (χ0n) is 18.9. The minimum absolute atomic E-state index is 0.139. The highest BCUT2D eigenvalue weighted by molar-refractivity contribution is 6.19. The molecule has 2 heterocycles. The van der Waals surface area contributed by atoms with Crippen LogP contribution in [0.2, 0.25) is 0 Å². The standard InChI is InChI=1S/C25H25ClFN5O2/c1-16(6-8-21(12-26)33-14-18-4-3-5-19(27)10-18)30-24-22-11-20(7-9-23(22)28-15-29-24)32-25-31-17(2)13-34-25/h3-11,15,17H,12-14H2,1-2H3,(H,31,32)(H,28,29,30)/b16-6+,21-8+/t17-/m1/s1. The Morgan fingerprint density at radius 2 is 2.12 bits per heavy atom. The first kappa shape index (κ1) is 23.5. The van der Waals surface area contributed by atoms with Gasteiger partial charge in [-0.05, 0) is 61.9 Å². The molecule has 7 nitrogen and oxygen atoms in total. The molecule has 2 aromatic carbocycles. The molecule has 2 N–H and O–H groups in total. The van der Waals surface area contributed by atoms with E-state index in [1.54, 1.807) is 18.2 Å². The van der Waals surface area contributed by atoms with E-state index < -0.39 is 0 Å². The average molecular weight is 482 g/mol. The van der Waals surface area contributed by atoms with E-state index in [1.807, 2.05) is 38.1 Å². The summed E-state index contributed by atoms with van der Waals surface area (Å²) in [6, 6.07) is 12.7. The highest BCUT2D eigenvalue weighted by Crippen LogP contribution is 2.24. The molecule has 3 aromatic rings. The molecule has 0 fully saturated rings. The van der Waals surface area contributed by atoms with Crippen molar-refractivity contribution >= 4 is 40.0 Å². The topological polar surface area (TPSA) is 80.7 Å². The van der Waals surface area contributed by atoms with Crippen LogP contribution in [0.4, 0.5) is 15.9 Å². The summed E-state index contributed by atoms with van der Waals surface area (Å²) in [6.07, 6.45) is 5.14. The fourth-order valence-electron chi connectivity index (χ4n) is 3.28. The number of ether oxygens (including phenoxy) is 2. The lowest BCUT2D eigenvalue weighted by Gasteiger charge is -2.11. The van der Waals surface area contributed by atoms with Gasteiger partial charge >= 0.3 is 0 Å². The van der Waals surface area contributed by atoms with Crippen molar-refractivity contribution in [2.45, 2.75) is 26.5 Å². The summed E-state index contributed by atoms with van der Waals surface area (Å²) >= 11 is 6.02. The number of anilines is 2. The normalized spacial score (nSPS) is 16.2. The van der Waals surface area contributed by atoms with Crippen LogP contribution in [0.1, 0.15) is 19.4 Å². The van der Waals surface area contributed by atoms with E-state index >= 15 is 0 Å². The largest absolute Gasteiger partial charge is 0.492 e. The second kappa shape index (κ2) is 11.0. The Balaban J connectivity index is 1.46. The zero-order chi connectivity index (χ0) is 23.9. The van der Waals surface area contributed by atoms with Gasteiger partial charge in [-0.1, -0.05) is 12.1 Å². The summed E-state index contributed by atoms with van der Waals surface area (Å²) in [4.78, 5) is 13.1. The number of nitrogens with zero attached hydrogens (tertiary/aromatic N) is 3. The predicted molar refractivity (Wildman–Crippen MR) is 133 cm³/mol. The SMILES string of the molecule is C/C(=C\C=C(/CCl)OCc1cccc(F)c1)Nc1ncnc2ccc(NC3=N[C@H](C)CO3)cc12. The molecule has 0 spiro atoms. The van der Waals surface area contributed by atoms with E-state index in [9.17, 15) is 4.39 Å². The summed E-state index contributed by atoms with van der Waals surface area (Å²) in [7, 11) is 0. The van der Waals surface area contributed by atoms with E-state index in [0.717, 1.165) is 27.9 Å². The molecule has 176 valence electrons. The number of hydrogen-bond donors (Lipinski definition) is 2. The van der Waals surface area contributed by atoms with Crippen LogP contribution >= 0.6 is 11.6 Å². The summed E-state index contributed by atoms with van der Waals surface area (Å²) < 4.78 is 24.6. The lowest BCUT2D eigenvalue weighted by atomic mass is 10.2. The lowest BCUT2D eigenvalue weighted by molar-refractivity contribution is 0.201. The van der Waals surface area contributed by atoms with Gasteiger partial charge in [0.25, 0.3) is 6.02 Å². The van der Waals surface area contributed by atoms with Crippen molar-refractivity contribution in [1.29, 1.82) is 0 Å². The van der Waals surface area contributed by atoms with Crippen LogP contribution in [-0.4, -0.2) is 34.5 Å². The number of nitrogens with one attached hydrogen (secondary N) is 2. The molecule has 0 aliphatic carbocycles. The minimum Gasteiger partial charge on any atom is -0.492 e. The van der Waals surface area contributed by atoms with Crippen molar-refractivity contribution in [3.8, 4) is 0 Å². The first-order valence-corrected chi connectivity index (χ1v) is 11.3. The van der Waals surface area contributed by atoms with Gasteiger partial charge in [-0.25, -0.2) is 19.4 Å². The van der Waals surface area contributed by atoms with Crippen molar-refractivity contribution < 1.29 is 13.9 Å². The van der Waals surface area contributed by atoms with Gasteiger partial charge in [0.2, 0.25) is 0 Å². The summed E-state index contributed by atoms with van der Waals surface area (Å²) in [6.45, 7) is 4.71. The van der Waals surface area contributed by atoms with Crippen molar-refractivity contribution in [1.82, 2.24) is 9.97 Å². The highest BCUT2D eigenvalue weighted by Gasteiger charge is 2.15. The van der Waals surface area contributed by atoms with Gasteiger partial charge in [0, 0.05) is 16.8 Å². The van der Waals surface area contributed by atoms with E-state index in [2.05, 4.69) is 25.6 Å². The Kier molecular flexibility index (Phi) is 7.59. The van der Waals surface area contributed by atoms with Crippen molar-refractivity contribution in [3.05, 3.63) is 83.8 Å². The minimum atomic E-state index is -0.300. The monoisotopic (exact) mass is 481 g/mol. The molecular formula is C25H25ClFN5O2. The van der Waals surface area contributed by atoms with E-state index in [0.29, 0.717) is 24.2 Å². The maximum atomic E-state index is 13.3. The fourth-order valence-corrected chi connectivity index (χ4v) is 3.45. The second-order valence-corrected chi connectivity index (χ2v) is 8.10. The molecule has 1 atom stereocenters. The van der Waals surface area contributed by atoms with Crippen molar-refractivity contribution in [2.75, 3.05) is 23.1 Å². The molecular weight excluding hydrogens is 457 g/mol. The third-order valence-corrected chi connectivity index (χ3v) is 5.23. The van der Waals surface area contributed by atoms with Crippen molar-refractivity contribution in [2.24, 2.45) is 4.99 Å². The quantitative estimate of drug-likeness (QED) is 0.247. The van der Waals surface area contributed by atoms with Crippen LogP contribution in [-0.2, 0) is 16.1 Å². The van der Waals surface area contributed by atoms with E-state index in [4.69, 9.17) is 21.1 Å². The Morgan fingerprint density at radius 3 is 2.88 bits per heavy atom. The highest BCUT2D eigenvalue weighted by atomic mass is 35.5. The molecule has 0 unspecified atom stereocenters. The maximum Gasteiger partial charge on any atom is 0.289 e. The molecule has 1 aliphatic rings. The molecule has 1 aliphatic heterocycles. The Morgan fingerprint density at radius 1 is 1.24 bits per heavy atom. The lowest BCUT2D eigenvalue weighted by Crippen LogP contribution is -2.11. The van der Waals surface area contributed by atoms with Gasteiger partial charge in [-0.3, -0.25) is 0 Å². The van der Waals surface area contributed by atoms with Crippen LogP contribution in [0.3, 0.4) is 0 Å². The Bertz CT molecular complexity index is 1260. The molecule has 0 saturated carbocycles. The first-order valence-electron chi connectivity index (χ1n) is 10.8. The molecule has 0 saturated heterocycles. The van der Waals surface area contributed by atoms with E-state index in [-0.39, 0.29) is 24.3 Å². The number of fused-ring (bicyclic) bond motifs is 1. The summed E-state index contributed by atoms with van der Waals surface area (Å²) in [5.74, 6) is 1.12. The maximum absolute atomic E-state index is 13.3. The number of hydrogen-bond acceptors (Lipinski definition) is 7. The van der Waals surface area contributed by atoms with Crippen LogP contribution in [0.25, 0.3) is 10.9 Å². The second-order valence-electron chi connectivity index (χ2n) is 7.83. The Labute approximate surface area is 202 Å². The number of aromatic nitrogens is 2. The molecule has 9 heteroatoms. The number of allylic oxidation sites excluding steroid dienone is 4. The molecule has 0 amide bonds. The fraction of sp³-hybridized carbons (Fsp3) is 0.240. The Hall–Kier alpha value is -3.65. The number of alkyl halides is 1. The van der Waals surface area contributed by atoms with Gasteiger partial charge in [-0.2, -0.15) is 0 Å². The third-order valence-electron chi connectivity index (χ3n) is 4.97. The molecule has 0 radical (unpaired) electrons.